The average molecular weight is 313 g/mol. The fourth-order valence-corrected chi connectivity index (χ4v) is 2.78. The summed E-state index contributed by atoms with van der Waals surface area (Å²) in [5.41, 5.74) is 0.671. The third kappa shape index (κ3) is 5.54. The Morgan fingerprint density at radius 1 is 1.17 bits per heavy atom. The molecule has 1 saturated heterocycles. The third-order valence-electron chi connectivity index (χ3n) is 4.17. The van der Waals surface area contributed by atoms with Crippen LogP contribution in [0.5, 0.6) is 0 Å². The number of terminal acetylenes is 1. The highest BCUT2D eigenvalue weighted by atomic mass is 16.5. The van der Waals surface area contributed by atoms with Crippen LogP contribution in [0.15, 0.2) is 30.3 Å². The molecule has 122 valence electrons. The SMILES string of the molecule is C#CCOCC1CCN(C(=O)CCC(=O)c2ccccc2)CC1. The zero-order chi connectivity index (χ0) is 16.5. The molecule has 23 heavy (non-hydrogen) atoms. The van der Waals surface area contributed by atoms with Crippen molar-refractivity contribution >= 4 is 11.7 Å². The maximum absolute atomic E-state index is 12.2. The minimum atomic E-state index is 0.0246. The molecular formula is C19H23NO3. The smallest absolute Gasteiger partial charge is 0.223 e. The normalized spacial score (nSPS) is 15.2. The molecule has 1 fully saturated rings. The molecule has 0 radical (unpaired) electrons. The van der Waals surface area contributed by atoms with Crippen molar-refractivity contribution in [1.82, 2.24) is 4.90 Å². The Bertz CT molecular complexity index is 554. The Morgan fingerprint density at radius 2 is 1.87 bits per heavy atom. The van der Waals surface area contributed by atoms with Crippen LogP contribution in [0.1, 0.15) is 36.0 Å². The van der Waals surface area contributed by atoms with Crippen LogP contribution < -0.4 is 0 Å². The lowest BCUT2D eigenvalue weighted by atomic mass is 9.97. The number of carbonyl (C=O) groups excluding carboxylic acids is 2. The monoisotopic (exact) mass is 313 g/mol. The van der Waals surface area contributed by atoms with Gasteiger partial charge in [-0.05, 0) is 18.8 Å². The van der Waals surface area contributed by atoms with Gasteiger partial charge in [0.25, 0.3) is 0 Å². The average Bonchev–Trinajstić information content (AvgIpc) is 2.61. The summed E-state index contributed by atoms with van der Waals surface area (Å²) in [6, 6.07) is 9.12. The number of hydrogen-bond donors (Lipinski definition) is 0. The van der Waals surface area contributed by atoms with Crippen molar-refractivity contribution in [3.63, 3.8) is 0 Å². The number of amides is 1. The molecule has 1 heterocycles. The van der Waals surface area contributed by atoms with Crippen molar-refractivity contribution in [2.75, 3.05) is 26.3 Å². The summed E-state index contributed by atoms with van der Waals surface area (Å²) in [6.07, 6.45) is 7.57. The molecule has 1 aromatic rings. The molecule has 2 rings (SSSR count). The lowest BCUT2D eigenvalue weighted by Crippen LogP contribution is -2.39. The van der Waals surface area contributed by atoms with Gasteiger partial charge in [-0.25, -0.2) is 0 Å². The highest BCUT2D eigenvalue weighted by molar-refractivity contribution is 5.97. The van der Waals surface area contributed by atoms with Gasteiger partial charge >= 0.3 is 0 Å². The molecule has 0 aromatic heterocycles. The largest absolute Gasteiger partial charge is 0.369 e. The van der Waals surface area contributed by atoms with Gasteiger partial charge in [0.15, 0.2) is 5.78 Å². The summed E-state index contributed by atoms with van der Waals surface area (Å²) in [5, 5.41) is 0. The van der Waals surface area contributed by atoms with E-state index >= 15 is 0 Å². The fraction of sp³-hybridized carbons (Fsp3) is 0.474. The fourth-order valence-electron chi connectivity index (χ4n) is 2.78. The Morgan fingerprint density at radius 3 is 2.52 bits per heavy atom. The van der Waals surface area contributed by atoms with Crippen LogP contribution in [0.2, 0.25) is 0 Å². The van der Waals surface area contributed by atoms with Crippen LogP contribution in [0.3, 0.4) is 0 Å². The number of ketones is 1. The summed E-state index contributed by atoms with van der Waals surface area (Å²) in [6.45, 7) is 2.49. The first-order valence-electron chi connectivity index (χ1n) is 8.08. The second-order valence-electron chi connectivity index (χ2n) is 5.83. The minimum absolute atomic E-state index is 0.0246. The summed E-state index contributed by atoms with van der Waals surface area (Å²) in [4.78, 5) is 26.1. The highest BCUT2D eigenvalue weighted by Gasteiger charge is 2.23. The molecular weight excluding hydrogens is 290 g/mol. The zero-order valence-electron chi connectivity index (χ0n) is 13.4. The van der Waals surface area contributed by atoms with Crippen LogP contribution in [0, 0.1) is 18.3 Å². The minimum Gasteiger partial charge on any atom is -0.369 e. The summed E-state index contributed by atoms with van der Waals surface area (Å²) in [5.74, 6) is 3.02. The molecule has 0 bridgehead atoms. The van der Waals surface area contributed by atoms with Gasteiger partial charge in [-0.15, -0.1) is 6.42 Å². The van der Waals surface area contributed by atoms with Crippen molar-refractivity contribution < 1.29 is 14.3 Å². The number of piperidine rings is 1. The third-order valence-corrected chi connectivity index (χ3v) is 4.17. The molecule has 0 saturated carbocycles. The first-order valence-corrected chi connectivity index (χ1v) is 8.08. The highest BCUT2D eigenvalue weighted by Crippen LogP contribution is 2.18. The topological polar surface area (TPSA) is 46.6 Å². The van der Waals surface area contributed by atoms with Crippen molar-refractivity contribution in [2.45, 2.75) is 25.7 Å². The molecule has 1 aromatic carbocycles. The van der Waals surface area contributed by atoms with E-state index in [4.69, 9.17) is 11.2 Å². The van der Waals surface area contributed by atoms with Gasteiger partial charge in [-0.2, -0.15) is 0 Å². The van der Waals surface area contributed by atoms with E-state index in [1.54, 1.807) is 12.1 Å². The summed E-state index contributed by atoms with van der Waals surface area (Å²) in [7, 11) is 0. The van der Waals surface area contributed by atoms with Gasteiger partial charge in [-0.1, -0.05) is 36.3 Å². The Kier molecular flexibility index (Phi) is 6.83. The van der Waals surface area contributed by atoms with E-state index in [9.17, 15) is 9.59 Å². The predicted molar refractivity (Wildman–Crippen MR) is 89.0 cm³/mol. The van der Waals surface area contributed by atoms with Gasteiger partial charge in [0.2, 0.25) is 5.91 Å². The molecule has 0 atom stereocenters. The zero-order valence-corrected chi connectivity index (χ0v) is 13.4. The van der Waals surface area contributed by atoms with E-state index in [1.165, 1.54) is 0 Å². The second kappa shape index (κ2) is 9.12. The van der Waals surface area contributed by atoms with E-state index in [0.717, 1.165) is 25.9 Å². The number of benzene rings is 1. The van der Waals surface area contributed by atoms with Crippen molar-refractivity contribution in [3.8, 4) is 12.3 Å². The van der Waals surface area contributed by atoms with Crippen molar-refractivity contribution in [2.24, 2.45) is 5.92 Å². The van der Waals surface area contributed by atoms with E-state index in [0.29, 0.717) is 24.7 Å². The predicted octanol–water partition coefficient (Wildman–Crippen LogP) is 2.54. The lowest BCUT2D eigenvalue weighted by molar-refractivity contribution is -0.132. The van der Waals surface area contributed by atoms with Gasteiger partial charge in [0.1, 0.15) is 6.61 Å². The van der Waals surface area contributed by atoms with Gasteiger partial charge < -0.3 is 9.64 Å². The first kappa shape index (κ1) is 17.2. The van der Waals surface area contributed by atoms with Crippen molar-refractivity contribution in [1.29, 1.82) is 0 Å². The molecule has 0 spiro atoms. The van der Waals surface area contributed by atoms with E-state index in [-0.39, 0.29) is 24.5 Å². The number of nitrogens with zero attached hydrogens (tertiary/aromatic N) is 1. The number of rotatable bonds is 7. The quantitative estimate of drug-likeness (QED) is 0.441. The Balaban J connectivity index is 1.69. The Labute approximate surface area is 137 Å². The van der Waals surface area contributed by atoms with E-state index < -0.39 is 0 Å². The molecule has 1 amide bonds. The van der Waals surface area contributed by atoms with Gasteiger partial charge in [-0.3, -0.25) is 9.59 Å². The molecule has 0 unspecified atom stereocenters. The standard InChI is InChI=1S/C19H23NO3/c1-2-14-23-15-16-10-12-20(13-11-16)19(22)9-8-18(21)17-6-4-3-5-7-17/h1,3-7,16H,8-15H2. The molecule has 1 aliphatic heterocycles. The molecule has 4 heteroatoms. The molecule has 4 nitrogen and oxygen atoms in total. The first-order chi connectivity index (χ1) is 11.2. The Hall–Kier alpha value is -2.12. The lowest BCUT2D eigenvalue weighted by Gasteiger charge is -2.31. The number of ether oxygens (including phenoxy) is 1. The molecule has 1 aliphatic rings. The maximum Gasteiger partial charge on any atom is 0.223 e. The van der Waals surface area contributed by atoms with Crippen molar-refractivity contribution in [3.05, 3.63) is 35.9 Å². The number of Topliss-reactive ketones (excluding diaryl/α,β-unsaturated/α-hetero) is 1. The second-order valence-corrected chi connectivity index (χ2v) is 5.83. The van der Waals surface area contributed by atoms with E-state index in [2.05, 4.69) is 5.92 Å². The number of likely N-dealkylation sites (tertiary alicyclic amines) is 1. The summed E-state index contributed by atoms with van der Waals surface area (Å²) < 4.78 is 5.36. The van der Waals surface area contributed by atoms with Gasteiger partial charge in [0, 0.05) is 31.5 Å². The van der Waals surface area contributed by atoms with Crippen LogP contribution >= 0.6 is 0 Å². The van der Waals surface area contributed by atoms with E-state index in [1.807, 2.05) is 23.1 Å². The van der Waals surface area contributed by atoms with Crippen LogP contribution in [-0.4, -0.2) is 42.9 Å². The number of hydrogen-bond acceptors (Lipinski definition) is 3. The van der Waals surface area contributed by atoms with Crippen LogP contribution in [0.4, 0.5) is 0 Å². The van der Waals surface area contributed by atoms with Crippen LogP contribution in [0.25, 0.3) is 0 Å². The number of carbonyl (C=O) groups is 2. The maximum atomic E-state index is 12.2. The van der Waals surface area contributed by atoms with Gasteiger partial charge in [0.05, 0.1) is 6.61 Å². The molecule has 0 aliphatic carbocycles. The van der Waals surface area contributed by atoms with Crippen LogP contribution in [-0.2, 0) is 9.53 Å². The molecule has 0 N–H and O–H groups in total. The summed E-state index contributed by atoms with van der Waals surface area (Å²) >= 11 is 0.